The SMILES string of the molecule is COc1cccc(-c2nc(CN[C@H](C)c3ccc(C)cc3)co2)c1. The number of ether oxygens (including phenoxy) is 1. The molecule has 0 saturated carbocycles. The number of nitrogens with one attached hydrogen (secondary N) is 1. The van der Waals surface area contributed by atoms with E-state index in [2.05, 4.69) is 48.4 Å². The molecule has 0 spiro atoms. The van der Waals surface area contributed by atoms with Crippen molar-refractivity contribution >= 4 is 0 Å². The van der Waals surface area contributed by atoms with Gasteiger partial charge in [-0.15, -0.1) is 0 Å². The zero-order chi connectivity index (χ0) is 16.9. The van der Waals surface area contributed by atoms with Crippen molar-refractivity contribution in [3.8, 4) is 17.2 Å². The van der Waals surface area contributed by atoms with Crippen molar-refractivity contribution in [2.45, 2.75) is 26.4 Å². The van der Waals surface area contributed by atoms with E-state index in [1.165, 1.54) is 11.1 Å². The maximum Gasteiger partial charge on any atom is 0.226 e. The van der Waals surface area contributed by atoms with Gasteiger partial charge in [-0.1, -0.05) is 35.9 Å². The highest BCUT2D eigenvalue weighted by atomic mass is 16.5. The minimum absolute atomic E-state index is 0.252. The Labute approximate surface area is 142 Å². The number of rotatable bonds is 6. The zero-order valence-electron chi connectivity index (χ0n) is 14.2. The first-order valence-corrected chi connectivity index (χ1v) is 8.04. The van der Waals surface area contributed by atoms with Crippen molar-refractivity contribution in [1.29, 1.82) is 0 Å². The average Bonchev–Trinajstić information content (AvgIpc) is 3.09. The largest absolute Gasteiger partial charge is 0.497 e. The Morgan fingerprint density at radius 1 is 1.17 bits per heavy atom. The van der Waals surface area contributed by atoms with Crippen LogP contribution in [0.3, 0.4) is 0 Å². The van der Waals surface area contributed by atoms with E-state index < -0.39 is 0 Å². The van der Waals surface area contributed by atoms with Crippen LogP contribution in [-0.2, 0) is 6.54 Å². The molecule has 124 valence electrons. The predicted molar refractivity (Wildman–Crippen MR) is 94.9 cm³/mol. The second-order valence-corrected chi connectivity index (χ2v) is 5.89. The summed E-state index contributed by atoms with van der Waals surface area (Å²) >= 11 is 0. The van der Waals surface area contributed by atoms with Gasteiger partial charge in [-0.05, 0) is 37.6 Å². The van der Waals surface area contributed by atoms with Crippen molar-refractivity contribution in [3.63, 3.8) is 0 Å². The summed E-state index contributed by atoms with van der Waals surface area (Å²) in [4.78, 5) is 4.55. The fraction of sp³-hybridized carbons (Fsp3) is 0.250. The van der Waals surface area contributed by atoms with Gasteiger partial charge in [-0.25, -0.2) is 4.98 Å². The summed E-state index contributed by atoms with van der Waals surface area (Å²) in [6.07, 6.45) is 1.70. The molecule has 0 aliphatic carbocycles. The van der Waals surface area contributed by atoms with E-state index in [0.717, 1.165) is 17.0 Å². The highest BCUT2D eigenvalue weighted by Gasteiger charge is 2.10. The van der Waals surface area contributed by atoms with Crippen LogP contribution in [0.25, 0.3) is 11.5 Å². The number of benzene rings is 2. The number of methoxy groups -OCH3 is 1. The van der Waals surface area contributed by atoms with Gasteiger partial charge in [-0.2, -0.15) is 0 Å². The highest BCUT2D eigenvalue weighted by Crippen LogP contribution is 2.23. The van der Waals surface area contributed by atoms with Crippen molar-refractivity contribution in [3.05, 3.63) is 71.6 Å². The molecule has 1 heterocycles. The lowest BCUT2D eigenvalue weighted by atomic mass is 10.1. The maximum absolute atomic E-state index is 5.60. The minimum Gasteiger partial charge on any atom is -0.497 e. The minimum atomic E-state index is 0.252. The van der Waals surface area contributed by atoms with Crippen molar-refractivity contribution < 1.29 is 9.15 Å². The van der Waals surface area contributed by atoms with E-state index >= 15 is 0 Å². The molecule has 3 aromatic rings. The summed E-state index contributed by atoms with van der Waals surface area (Å²) in [6, 6.07) is 16.5. The molecule has 0 aliphatic rings. The summed E-state index contributed by atoms with van der Waals surface area (Å²) in [5.41, 5.74) is 4.32. The molecule has 1 atom stereocenters. The molecule has 0 fully saturated rings. The first-order valence-electron chi connectivity index (χ1n) is 8.04. The van der Waals surface area contributed by atoms with E-state index in [1.54, 1.807) is 13.4 Å². The van der Waals surface area contributed by atoms with Gasteiger partial charge in [0.2, 0.25) is 5.89 Å². The van der Waals surface area contributed by atoms with Crippen LogP contribution < -0.4 is 10.1 Å². The second kappa shape index (κ2) is 7.32. The van der Waals surface area contributed by atoms with Crippen LogP contribution in [0.15, 0.2) is 59.2 Å². The smallest absolute Gasteiger partial charge is 0.226 e. The number of aromatic nitrogens is 1. The fourth-order valence-corrected chi connectivity index (χ4v) is 2.51. The molecular weight excluding hydrogens is 300 g/mol. The number of nitrogens with zero attached hydrogens (tertiary/aromatic N) is 1. The highest BCUT2D eigenvalue weighted by molar-refractivity contribution is 5.55. The van der Waals surface area contributed by atoms with Crippen molar-refractivity contribution in [2.75, 3.05) is 7.11 Å². The first kappa shape index (κ1) is 16.3. The van der Waals surface area contributed by atoms with E-state index in [-0.39, 0.29) is 6.04 Å². The third kappa shape index (κ3) is 3.84. The molecule has 4 nitrogen and oxygen atoms in total. The molecule has 0 radical (unpaired) electrons. The Bertz CT molecular complexity index is 793. The van der Waals surface area contributed by atoms with Gasteiger partial charge < -0.3 is 14.5 Å². The lowest BCUT2D eigenvalue weighted by Crippen LogP contribution is -2.18. The van der Waals surface area contributed by atoms with Gasteiger partial charge in [0.25, 0.3) is 0 Å². The molecule has 0 unspecified atom stereocenters. The summed E-state index contributed by atoms with van der Waals surface area (Å²) in [7, 11) is 1.65. The Balaban J connectivity index is 1.64. The first-order chi connectivity index (χ1) is 11.7. The molecular formula is C20H22N2O2. The van der Waals surface area contributed by atoms with Crippen LogP contribution in [0.1, 0.15) is 29.8 Å². The van der Waals surface area contributed by atoms with Crippen LogP contribution >= 0.6 is 0 Å². The lowest BCUT2D eigenvalue weighted by molar-refractivity contribution is 0.414. The number of aryl methyl sites for hydroxylation is 1. The molecule has 0 amide bonds. The Hall–Kier alpha value is -2.59. The van der Waals surface area contributed by atoms with Crippen molar-refractivity contribution in [2.24, 2.45) is 0 Å². The van der Waals surface area contributed by atoms with Gasteiger partial charge >= 0.3 is 0 Å². The summed E-state index contributed by atoms with van der Waals surface area (Å²) in [6.45, 7) is 4.90. The zero-order valence-corrected chi connectivity index (χ0v) is 14.2. The number of oxazole rings is 1. The number of hydrogen-bond acceptors (Lipinski definition) is 4. The van der Waals surface area contributed by atoms with E-state index in [1.807, 2.05) is 24.3 Å². The normalized spacial score (nSPS) is 12.1. The summed E-state index contributed by atoms with van der Waals surface area (Å²) in [5, 5.41) is 3.47. The maximum atomic E-state index is 5.60. The quantitative estimate of drug-likeness (QED) is 0.725. The van der Waals surface area contributed by atoms with E-state index in [9.17, 15) is 0 Å². The lowest BCUT2D eigenvalue weighted by Gasteiger charge is -2.13. The predicted octanol–water partition coefficient (Wildman–Crippen LogP) is 4.51. The summed E-state index contributed by atoms with van der Waals surface area (Å²) in [5.74, 6) is 1.40. The van der Waals surface area contributed by atoms with Crippen LogP contribution in [0.2, 0.25) is 0 Å². The van der Waals surface area contributed by atoms with Crippen LogP contribution in [-0.4, -0.2) is 12.1 Å². The molecule has 0 aliphatic heterocycles. The molecule has 3 rings (SSSR count). The van der Waals surface area contributed by atoms with E-state index in [0.29, 0.717) is 12.4 Å². The van der Waals surface area contributed by atoms with Crippen LogP contribution in [0.4, 0.5) is 0 Å². The molecule has 4 heteroatoms. The third-order valence-electron chi connectivity index (χ3n) is 4.04. The monoisotopic (exact) mass is 322 g/mol. The summed E-state index contributed by atoms with van der Waals surface area (Å²) < 4.78 is 10.8. The molecule has 1 aromatic heterocycles. The van der Waals surface area contributed by atoms with Gasteiger partial charge in [0, 0.05) is 18.2 Å². The molecule has 1 N–H and O–H groups in total. The number of hydrogen-bond donors (Lipinski definition) is 1. The molecule has 2 aromatic carbocycles. The van der Waals surface area contributed by atoms with Gasteiger partial charge in [-0.3, -0.25) is 0 Å². The van der Waals surface area contributed by atoms with Gasteiger partial charge in [0.15, 0.2) is 0 Å². The van der Waals surface area contributed by atoms with Crippen LogP contribution in [0.5, 0.6) is 5.75 Å². The Morgan fingerprint density at radius 3 is 2.71 bits per heavy atom. The van der Waals surface area contributed by atoms with Gasteiger partial charge in [0.1, 0.15) is 12.0 Å². The Morgan fingerprint density at radius 2 is 1.96 bits per heavy atom. The Kier molecular flexibility index (Phi) is 4.96. The second-order valence-electron chi connectivity index (χ2n) is 5.89. The van der Waals surface area contributed by atoms with E-state index in [4.69, 9.17) is 9.15 Å². The topological polar surface area (TPSA) is 47.3 Å². The van der Waals surface area contributed by atoms with Crippen LogP contribution in [0, 0.1) is 6.92 Å². The molecule has 0 saturated heterocycles. The third-order valence-corrected chi connectivity index (χ3v) is 4.04. The standard InChI is InChI=1S/C20H22N2O2/c1-14-7-9-16(10-8-14)15(2)21-12-18-13-24-20(22-18)17-5-4-6-19(11-17)23-3/h4-11,13,15,21H,12H2,1-3H3/t15-/m1/s1. The van der Waals surface area contributed by atoms with Gasteiger partial charge in [0.05, 0.1) is 12.8 Å². The molecule has 0 bridgehead atoms. The van der Waals surface area contributed by atoms with Crippen molar-refractivity contribution in [1.82, 2.24) is 10.3 Å². The fourth-order valence-electron chi connectivity index (χ4n) is 2.51. The molecule has 24 heavy (non-hydrogen) atoms. The average molecular weight is 322 g/mol.